The third kappa shape index (κ3) is 4.57. The monoisotopic (exact) mass is 392 g/mol. The molecule has 1 aliphatic heterocycles. The molecule has 8 nitrogen and oxygen atoms in total. The molecule has 2 fully saturated rings. The van der Waals surface area contributed by atoms with Crippen LogP contribution in [-0.4, -0.2) is 65.6 Å². The fraction of sp³-hybridized carbons (Fsp3) is 0.444. The molecule has 1 aliphatic carbocycles. The van der Waals surface area contributed by atoms with Crippen molar-refractivity contribution in [3.05, 3.63) is 28.8 Å². The number of rotatable bonds is 6. The van der Waals surface area contributed by atoms with Gasteiger partial charge in [-0.2, -0.15) is 0 Å². The largest absolute Gasteiger partial charge is 0.349 e. The van der Waals surface area contributed by atoms with Crippen LogP contribution in [-0.2, 0) is 14.4 Å². The normalized spacial score (nSPS) is 17.1. The van der Waals surface area contributed by atoms with Gasteiger partial charge in [-0.05, 0) is 38.0 Å². The highest BCUT2D eigenvalue weighted by Crippen LogP contribution is 2.24. The summed E-state index contributed by atoms with van der Waals surface area (Å²) in [7, 11) is 0. The van der Waals surface area contributed by atoms with Crippen molar-refractivity contribution in [2.24, 2.45) is 0 Å². The fourth-order valence-electron chi connectivity index (χ4n) is 2.81. The average Bonchev–Trinajstić information content (AvgIpc) is 3.43. The second-order valence-corrected chi connectivity index (χ2v) is 7.01. The van der Waals surface area contributed by atoms with Gasteiger partial charge in [0.05, 0.1) is 10.6 Å². The molecule has 3 rings (SSSR count). The quantitative estimate of drug-likeness (QED) is 0.701. The van der Waals surface area contributed by atoms with E-state index in [-0.39, 0.29) is 23.5 Å². The Hall–Kier alpha value is -2.61. The van der Waals surface area contributed by atoms with Crippen LogP contribution < -0.4 is 10.6 Å². The second-order valence-electron chi connectivity index (χ2n) is 6.60. The molecule has 2 aliphatic rings. The van der Waals surface area contributed by atoms with Gasteiger partial charge in [-0.25, -0.2) is 0 Å². The van der Waals surface area contributed by atoms with Crippen LogP contribution in [0, 0.1) is 0 Å². The Bertz CT molecular complexity index is 794. The number of anilines is 1. The predicted octanol–water partition coefficient (Wildman–Crippen LogP) is 0.861. The molecule has 1 heterocycles. The fourth-order valence-corrected chi connectivity index (χ4v) is 3.08. The molecule has 1 saturated heterocycles. The van der Waals surface area contributed by atoms with E-state index in [1.807, 2.05) is 0 Å². The Kier molecular flexibility index (Phi) is 5.65. The lowest BCUT2D eigenvalue weighted by Crippen LogP contribution is -2.55. The van der Waals surface area contributed by atoms with Crippen molar-refractivity contribution in [1.82, 2.24) is 15.1 Å². The highest BCUT2D eigenvalue weighted by atomic mass is 35.5. The summed E-state index contributed by atoms with van der Waals surface area (Å²) in [6.45, 7) is 2.76. The first-order valence-corrected chi connectivity index (χ1v) is 9.25. The number of carbonyl (C=O) groups is 4. The minimum atomic E-state index is -0.677. The van der Waals surface area contributed by atoms with Crippen LogP contribution in [0.1, 0.15) is 30.1 Å². The van der Waals surface area contributed by atoms with Crippen LogP contribution in [0.4, 0.5) is 5.69 Å². The number of amides is 4. The first-order valence-electron chi connectivity index (χ1n) is 8.87. The molecule has 0 atom stereocenters. The van der Waals surface area contributed by atoms with Gasteiger partial charge in [0.1, 0.15) is 6.54 Å². The van der Waals surface area contributed by atoms with Crippen molar-refractivity contribution >= 4 is 40.9 Å². The van der Waals surface area contributed by atoms with E-state index in [0.29, 0.717) is 30.9 Å². The van der Waals surface area contributed by atoms with Crippen molar-refractivity contribution in [2.75, 3.05) is 31.5 Å². The summed E-state index contributed by atoms with van der Waals surface area (Å²) in [5, 5.41) is 5.72. The Balaban J connectivity index is 1.57. The van der Waals surface area contributed by atoms with Crippen molar-refractivity contribution < 1.29 is 19.2 Å². The van der Waals surface area contributed by atoms with Crippen molar-refractivity contribution in [3.8, 4) is 0 Å². The second kappa shape index (κ2) is 7.96. The third-order valence-electron chi connectivity index (χ3n) is 4.52. The lowest BCUT2D eigenvalue weighted by Gasteiger charge is -2.32. The smallest absolute Gasteiger partial charge is 0.312 e. The van der Waals surface area contributed by atoms with E-state index < -0.39 is 17.7 Å². The van der Waals surface area contributed by atoms with Crippen LogP contribution >= 0.6 is 11.6 Å². The first-order chi connectivity index (χ1) is 12.9. The Labute approximate surface area is 161 Å². The average molecular weight is 393 g/mol. The van der Waals surface area contributed by atoms with Gasteiger partial charge in [0.15, 0.2) is 0 Å². The van der Waals surface area contributed by atoms with Crippen LogP contribution in [0.2, 0.25) is 5.02 Å². The topological polar surface area (TPSA) is 98.8 Å². The molecular formula is C18H21ClN4O4. The summed E-state index contributed by atoms with van der Waals surface area (Å²) < 4.78 is 0. The molecule has 2 N–H and O–H groups in total. The molecule has 0 spiro atoms. The van der Waals surface area contributed by atoms with Gasteiger partial charge in [0.25, 0.3) is 5.91 Å². The van der Waals surface area contributed by atoms with Gasteiger partial charge in [0.2, 0.25) is 5.91 Å². The van der Waals surface area contributed by atoms with E-state index in [1.54, 1.807) is 19.1 Å². The van der Waals surface area contributed by atoms with Gasteiger partial charge < -0.3 is 20.4 Å². The van der Waals surface area contributed by atoms with Crippen LogP contribution in [0.3, 0.4) is 0 Å². The predicted molar refractivity (Wildman–Crippen MR) is 99.4 cm³/mol. The van der Waals surface area contributed by atoms with E-state index >= 15 is 0 Å². The number of likely N-dealkylation sites (N-methyl/N-ethyl adjacent to an activating group) is 1. The van der Waals surface area contributed by atoms with Crippen molar-refractivity contribution in [2.45, 2.75) is 25.8 Å². The molecule has 144 valence electrons. The summed E-state index contributed by atoms with van der Waals surface area (Å²) in [6.07, 6.45) is 1.95. The number of nitrogens with one attached hydrogen (secondary N) is 2. The molecular weight excluding hydrogens is 372 g/mol. The zero-order valence-electron chi connectivity index (χ0n) is 15.0. The number of hydrogen-bond donors (Lipinski definition) is 2. The molecule has 1 aromatic carbocycles. The summed E-state index contributed by atoms with van der Waals surface area (Å²) in [5.74, 6) is -1.94. The number of benzene rings is 1. The maximum Gasteiger partial charge on any atom is 0.312 e. The maximum atomic E-state index is 12.2. The van der Waals surface area contributed by atoms with Crippen LogP contribution in [0.15, 0.2) is 18.2 Å². The molecule has 0 radical (unpaired) electrons. The van der Waals surface area contributed by atoms with Gasteiger partial charge in [-0.3, -0.25) is 19.2 Å². The summed E-state index contributed by atoms with van der Waals surface area (Å²) in [6, 6.07) is 4.84. The highest BCUT2D eigenvalue weighted by molar-refractivity contribution is 6.36. The molecule has 0 bridgehead atoms. The zero-order valence-corrected chi connectivity index (χ0v) is 15.7. The lowest BCUT2D eigenvalue weighted by atomic mass is 10.2. The summed E-state index contributed by atoms with van der Waals surface area (Å²) >= 11 is 6.15. The molecule has 27 heavy (non-hydrogen) atoms. The van der Waals surface area contributed by atoms with Gasteiger partial charge in [-0.1, -0.05) is 11.6 Å². The molecule has 0 unspecified atom stereocenters. The lowest BCUT2D eigenvalue weighted by molar-refractivity contribution is -0.156. The van der Waals surface area contributed by atoms with E-state index in [4.69, 9.17) is 11.6 Å². The van der Waals surface area contributed by atoms with Crippen LogP contribution in [0.25, 0.3) is 0 Å². The van der Waals surface area contributed by atoms with Crippen molar-refractivity contribution in [3.63, 3.8) is 0 Å². The zero-order chi connectivity index (χ0) is 19.6. The van der Waals surface area contributed by atoms with Gasteiger partial charge >= 0.3 is 11.8 Å². The van der Waals surface area contributed by atoms with Crippen molar-refractivity contribution in [1.29, 1.82) is 0 Å². The minimum absolute atomic E-state index is 0.219. The number of hydrogen-bond acceptors (Lipinski definition) is 4. The van der Waals surface area contributed by atoms with Crippen LogP contribution in [0.5, 0.6) is 0 Å². The van der Waals surface area contributed by atoms with Gasteiger partial charge in [0, 0.05) is 31.4 Å². The Morgan fingerprint density at radius 2 is 1.81 bits per heavy atom. The number of piperazine rings is 1. The highest BCUT2D eigenvalue weighted by Gasteiger charge is 2.32. The van der Waals surface area contributed by atoms with E-state index in [9.17, 15) is 19.2 Å². The standard InChI is InChI=1S/C18H21ClN4O4/c1-2-22-7-8-23(18(27)17(22)26)10-15(24)20-12-5-6-13(14(19)9-12)16(25)21-11-3-4-11/h5-6,9,11H,2-4,7-8,10H2,1H3,(H,20,24)(H,21,25). The SMILES string of the molecule is CCN1CCN(CC(=O)Nc2ccc(C(=O)NC3CC3)c(Cl)c2)C(=O)C1=O. The molecule has 4 amide bonds. The number of nitrogens with zero attached hydrogens (tertiary/aromatic N) is 2. The Morgan fingerprint density at radius 1 is 1.15 bits per heavy atom. The van der Waals surface area contributed by atoms with E-state index in [2.05, 4.69) is 10.6 Å². The van der Waals surface area contributed by atoms with E-state index in [1.165, 1.54) is 15.9 Å². The number of carbonyl (C=O) groups excluding carboxylic acids is 4. The maximum absolute atomic E-state index is 12.2. The first kappa shape index (κ1) is 19.2. The summed E-state index contributed by atoms with van der Waals surface area (Å²) in [5.41, 5.74) is 0.761. The van der Waals surface area contributed by atoms with Gasteiger partial charge in [-0.15, -0.1) is 0 Å². The number of halogens is 1. The van der Waals surface area contributed by atoms with E-state index in [0.717, 1.165) is 12.8 Å². The Morgan fingerprint density at radius 3 is 2.44 bits per heavy atom. The summed E-state index contributed by atoms with van der Waals surface area (Å²) in [4.78, 5) is 50.9. The molecule has 9 heteroatoms. The molecule has 0 aromatic heterocycles. The molecule has 1 saturated carbocycles. The molecule has 1 aromatic rings. The minimum Gasteiger partial charge on any atom is -0.349 e. The third-order valence-corrected chi connectivity index (χ3v) is 4.84.